The lowest BCUT2D eigenvalue weighted by Crippen LogP contribution is -2.34. The number of carbonyl (C=O) groups excluding carboxylic acids is 1. The molecule has 4 heteroatoms. The van der Waals surface area contributed by atoms with Gasteiger partial charge in [-0.15, -0.1) is 0 Å². The van der Waals surface area contributed by atoms with E-state index in [0.29, 0.717) is 6.54 Å². The molecule has 0 aliphatic heterocycles. The van der Waals surface area contributed by atoms with Crippen LogP contribution in [0.25, 0.3) is 0 Å². The van der Waals surface area contributed by atoms with E-state index in [9.17, 15) is 4.79 Å². The summed E-state index contributed by atoms with van der Waals surface area (Å²) in [5.74, 6) is 0. The monoisotopic (exact) mass is 280 g/mol. The lowest BCUT2D eigenvalue weighted by molar-refractivity contribution is 0.0527. The normalized spacial score (nSPS) is 12.5. The summed E-state index contributed by atoms with van der Waals surface area (Å²) in [6.07, 6.45) is 8.17. The van der Waals surface area contributed by atoms with Crippen LogP contribution < -0.4 is 10.6 Å². The number of carbonyl (C=O) groups is 1. The minimum atomic E-state index is -0.441. The number of rotatable bonds is 8. The maximum Gasteiger partial charge on any atom is 0.407 e. The Labute approximate surface area is 123 Å². The van der Waals surface area contributed by atoms with Gasteiger partial charge in [-0.3, -0.25) is 0 Å². The first-order chi connectivity index (χ1) is 9.35. The van der Waals surface area contributed by atoms with Crippen molar-refractivity contribution in [2.75, 3.05) is 19.6 Å². The molecular formula is C16H28N2O2. The van der Waals surface area contributed by atoms with Crippen LogP contribution in [0, 0.1) is 0 Å². The molecule has 0 fully saturated rings. The van der Waals surface area contributed by atoms with Crippen LogP contribution in [0.4, 0.5) is 4.79 Å². The van der Waals surface area contributed by atoms with E-state index in [4.69, 9.17) is 4.74 Å². The highest BCUT2D eigenvalue weighted by Gasteiger charge is 2.15. The number of alkyl carbamates (subject to hydrolysis) is 1. The van der Waals surface area contributed by atoms with Gasteiger partial charge in [-0.05, 0) is 40.7 Å². The Morgan fingerprint density at radius 3 is 2.55 bits per heavy atom. The molecule has 114 valence electrons. The Morgan fingerprint density at radius 2 is 1.95 bits per heavy atom. The molecule has 0 bridgehead atoms. The predicted octanol–water partition coefficient (Wildman–Crippen LogP) is 3.18. The van der Waals surface area contributed by atoms with E-state index in [1.807, 2.05) is 39.0 Å². The van der Waals surface area contributed by atoms with E-state index in [2.05, 4.69) is 24.1 Å². The van der Waals surface area contributed by atoms with Gasteiger partial charge in [0.15, 0.2) is 0 Å². The second-order valence-corrected chi connectivity index (χ2v) is 5.59. The second-order valence-electron chi connectivity index (χ2n) is 5.59. The van der Waals surface area contributed by atoms with Crippen molar-refractivity contribution in [1.82, 2.24) is 10.6 Å². The molecule has 20 heavy (non-hydrogen) atoms. The number of hydrogen-bond donors (Lipinski definition) is 2. The fourth-order valence-electron chi connectivity index (χ4n) is 1.36. The minimum absolute atomic E-state index is 0.358. The van der Waals surface area contributed by atoms with Crippen LogP contribution >= 0.6 is 0 Å². The van der Waals surface area contributed by atoms with E-state index in [1.54, 1.807) is 6.08 Å². The molecule has 0 heterocycles. The smallest absolute Gasteiger partial charge is 0.407 e. The predicted molar refractivity (Wildman–Crippen MR) is 84.8 cm³/mol. The Hall–Kier alpha value is -1.55. The van der Waals surface area contributed by atoms with E-state index in [1.165, 1.54) is 5.57 Å². The van der Waals surface area contributed by atoms with Crippen molar-refractivity contribution in [3.8, 4) is 0 Å². The summed E-state index contributed by atoms with van der Waals surface area (Å²) in [7, 11) is 0. The Balaban J connectivity index is 3.58. The molecule has 0 radical (unpaired) electrons. The summed E-state index contributed by atoms with van der Waals surface area (Å²) >= 11 is 0. The van der Waals surface area contributed by atoms with Gasteiger partial charge >= 0.3 is 6.09 Å². The zero-order chi connectivity index (χ0) is 15.4. The molecule has 0 aliphatic rings. The Bertz CT molecular complexity index is 352. The van der Waals surface area contributed by atoms with E-state index >= 15 is 0 Å². The van der Waals surface area contributed by atoms with Crippen molar-refractivity contribution in [3.63, 3.8) is 0 Å². The topological polar surface area (TPSA) is 50.4 Å². The van der Waals surface area contributed by atoms with Gasteiger partial charge in [-0.1, -0.05) is 36.5 Å². The number of amides is 1. The molecular weight excluding hydrogens is 252 g/mol. The van der Waals surface area contributed by atoms with E-state index < -0.39 is 5.60 Å². The third-order valence-corrected chi connectivity index (χ3v) is 2.23. The van der Waals surface area contributed by atoms with Crippen molar-refractivity contribution in [2.45, 2.75) is 39.7 Å². The van der Waals surface area contributed by atoms with Crippen molar-refractivity contribution < 1.29 is 9.53 Å². The average molecular weight is 280 g/mol. The molecule has 0 spiro atoms. The molecule has 0 aliphatic carbocycles. The third-order valence-electron chi connectivity index (χ3n) is 2.23. The fraction of sp³-hybridized carbons (Fsp3) is 0.562. The second kappa shape index (κ2) is 10.3. The highest BCUT2D eigenvalue weighted by Crippen LogP contribution is 2.06. The molecule has 0 rings (SSSR count). The lowest BCUT2D eigenvalue weighted by Gasteiger charge is -2.19. The first kappa shape index (κ1) is 18.4. The molecule has 0 aromatic rings. The largest absolute Gasteiger partial charge is 0.444 e. The molecule has 2 N–H and O–H groups in total. The lowest BCUT2D eigenvalue weighted by atomic mass is 10.2. The van der Waals surface area contributed by atoms with Gasteiger partial charge in [0.05, 0.1) is 0 Å². The molecule has 0 saturated heterocycles. The Kier molecular flexibility index (Phi) is 9.47. The maximum atomic E-state index is 11.4. The van der Waals surface area contributed by atoms with Crippen LogP contribution in [-0.2, 0) is 4.74 Å². The minimum Gasteiger partial charge on any atom is -0.444 e. The number of ether oxygens (including phenoxy) is 1. The summed E-state index contributed by atoms with van der Waals surface area (Å²) in [4.78, 5) is 11.4. The SMILES string of the molecule is C=C/C=C\C=C(/C)CNCCCNC(=O)OC(C)(C)C. The standard InChI is InChI=1S/C16H28N2O2/c1-6-7-8-10-14(2)13-17-11-9-12-18-15(19)20-16(3,4)5/h6-8,10,17H,1,9,11-13H2,2-5H3,(H,18,19)/b8-7-,14-10+. The van der Waals surface area contributed by atoms with Gasteiger partial charge in [0.25, 0.3) is 0 Å². The van der Waals surface area contributed by atoms with E-state index in [-0.39, 0.29) is 6.09 Å². The highest BCUT2D eigenvalue weighted by molar-refractivity contribution is 5.67. The molecule has 1 amide bonds. The van der Waals surface area contributed by atoms with Crippen molar-refractivity contribution in [3.05, 3.63) is 36.5 Å². The summed E-state index contributed by atoms with van der Waals surface area (Å²) in [5.41, 5.74) is 0.812. The third kappa shape index (κ3) is 12.9. The van der Waals surface area contributed by atoms with Gasteiger partial charge in [0, 0.05) is 13.1 Å². The van der Waals surface area contributed by atoms with Gasteiger partial charge in [-0.2, -0.15) is 0 Å². The molecule has 0 aromatic heterocycles. The van der Waals surface area contributed by atoms with Crippen molar-refractivity contribution in [2.24, 2.45) is 0 Å². The van der Waals surface area contributed by atoms with E-state index in [0.717, 1.165) is 19.5 Å². The number of hydrogen-bond acceptors (Lipinski definition) is 3. The highest BCUT2D eigenvalue weighted by atomic mass is 16.6. The summed E-state index contributed by atoms with van der Waals surface area (Å²) in [5, 5.41) is 6.05. The maximum absolute atomic E-state index is 11.4. The van der Waals surface area contributed by atoms with Crippen molar-refractivity contribution >= 4 is 6.09 Å². The van der Waals surface area contributed by atoms with Crippen LogP contribution in [0.1, 0.15) is 34.1 Å². The molecule has 0 unspecified atom stereocenters. The zero-order valence-electron chi connectivity index (χ0n) is 13.2. The first-order valence-electron chi connectivity index (χ1n) is 6.97. The molecule has 4 nitrogen and oxygen atoms in total. The number of nitrogens with one attached hydrogen (secondary N) is 2. The van der Waals surface area contributed by atoms with Crippen LogP contribution in [0.3, 0.4) is 0 Å². The van der Waals surface area contributed by atoms with Crippen LogP contribution in [-0.4, -0.2) is 31.3 Å². The number of allylic oxidation sites excluding steroid dienone is 4. The van der Waals surface area contributed by atoms with Gasteiger partial charge < -0.3 is 15.4 Å². The van der Waals surface area contributed by atoms with Gasteiger partial charge in [-0.25, -0.2) is 4.79 Å². The molecule has 0 aromatic carbocycles. The van der Waals surface area contributed by atoms with Crippen molar-refractivity contribution in [1.29, 1.82) is 0 Å². The van der Waals surface area contributed by atoms with Crippen LogP contribution in [0.2, 0.25) is 0 Å². The van der Waals surface area contributed by atoms with Gasteiger partial charge in [0.1, 0.15) is 5.60 Å². The summed E-state index contributed by atoms with van der Waals surface area (Å²) in [6, 6.07) is 0. The van der Waals surface area contributed by atoms with Crippen LogP contribution in [0.5, 0.6) is 0 Å². The molecule has 0 atom stereocenters. The van der Waals surface area contributed by atoms with Crippen LogP contribution in [0.15, 0.2) is 36.5 Å². The first-order valence-corrected chi connectivity index (χ1v) is 6.97. The van der Waals surface area contributed by atoms with Gasteiger partial charge in [0.2, 0.25) is 0 Å². The fourth-order valence-corrected chi connectivity index (χ4v) is 1.36. The molecule has 0 saturated carbocycles. The summed E-state index contributed by atoms with van der Waals surface area (Å²) in [6.45, 7) is 13.5. The zero-order valence-corrected chi connectivity index (χ0v) is 13.2. The average Bonchev–Trinajstić information content (AvgIpc) is 2.31. The Morgan fingerprint density at radius 1 is 1.25 bits per heavy atom. The quantitative estimate of drug-likeness (QED) is 0.530. The summed E-state index contributed by atoms with van der Waals surface area (Å²) < 4.78 is 5.14.